The van der Waals surface area contributed by atoms with Gasteiger partial charge < -0.3 is 4.79 Å². The molecule has 0 N–H and O–H groups in total. The van der Waals surface area contributed by atoms with Crippen molar-refractivity contribution in [2.45, 2.75) is 84.0 Å². The number of unbranched alkanes of at least 4 members (excludes halogenated alkanes) is 11. The molecule has 0 bridgehead atoms. The molecular weight excluding hydrogens is 235 g/mol. The minimum absolute atomic E-state index is 0. The van der Waals surface area contributed by atoms with Crippen LogP contribution in [0.4, 0.5) is 0 Å². The summed E-state index contributed by atoms with van der Waals surface area (Å²) in [7, 11) is 0. The number of hydrogen-bond donors (Lipinski definition) is 0. The molecule has 0 heterocycles. The molecule has 0 aromatic carbocycles. The molecule has 0 aliphatic rings. The van der Waals surface area contributed by atoms with Crippen LogP contribution >= 0.6 is 0 Å². The van der Waals surface area contributed by atoms with Crippen LogP contribution in [-0.2, 0) is 23.4 Å². The molecule has 16 heavy (non-hydrogen) atoms. The third kappa shape index (κ3) is 16.7. The summed E-state index contributed by atoms with van der Waals surface area (Å²) in [5.41, 5.74) is 0. The van der Waals surface area contributed by atoms with Crippen molar-refractivity contribution in [1.29, 1.82) is 0 Å². The van der Waals surface area contributed by atoms with Crippen molar-refractivity contribution in [1.82, 2.24) is 0 Å². The second kappa shape index (κ2) is 17.6. The van der Waals surface area contributed by atoms with Gasteiger partial charge in [0, 0.05) is 25.0 Å². The summed E-state index contributed by atoms with van der Waals surface area (Å²) in [6.07, 6.45) is 16.7. The second-order valence-corrected chi connectivity index (χ2v) is 4.49. The summed E-state index contributed by atoms with van der Waals surface area (Å²) in [6, 6.07) is 0. The molecule has 1 nitrogen and oxygen atoms in total. The van der Waals surface area contributed by atoms with E-state index >= 15 is 0 Å². The van der Waals surface area contributed by atoms with Crippen molar-refractivity contribution >= 4 is 6.29 Å². The molecule has 2 heteroatoms. The molecule has 0 aliphatic carbocycles. The van der Waals surface area contributed by atoms with Gasteiger partial charge in [-0.25, -0.2) is 0 Å². The zero-order chi connectivity index (χ0) is 11.2. The van der Waals surface area contributed by atoms with Gasteiger partial charge in [-0.05, 0) is 6.42 Å². The topological polar surface area (TPSA) is 17.1 Å². The molecule has 0 amide bonds. The van der Waals surface area contributed by atoms with Crippen LogP contribution < -0.4 is 0 Å². The Bertz CT molecular complexity index is 126. The summed E-state index contributed by atoms with van der Waals surface area (Å²) in [6.45, 7) is 2.26. The van der Waals surface area contributed by atoms with Crippen LogP contribution in [0.15, 0.2) is 0 Å². The molecule has 95 valence electrons. The summed E-state index contributed by atoms with van der Waals surface area (Å²) >= 11 is 0. The molecule has 0 atom stereocenters. The van der Waals surface area contributed by atoms with E-state index < -0.39 is 0 Å². The molecule has 0 saturated carbocycles. The molecule has 0 aliphatic heterocycles. The number of aldehydes is 1. The van der Waals surface area contributed by atoms with Gasteiger partial charge in [0.05, 0.1) is 0 Å². The third-order valence-corrected chi connectivity index (χ3v) is 2.93. The van der Waals surface area contributed by atoms with Gasteiger partial charge in [0.2, 0.25) is 0 Å². The van der Waals surface area contributed by atoms with Crippen LogP contribution in [0.1, 0.15) is 84.0 Å². The summed E-state index contributed by atoms with van der Waals surface area (Å²) in [4.78, 5) is 10.1. The Morgan fingerprint density at radius 3 is 1.44 bits per heavy atom. The van der Waals surface area contributed by atoms with Gasteiger partial charge in [-0.1, -0.05) is 71.1 Å². The van der Waals surface area contributed by atoms with Gasteiger partial charge in [0.25, 0.3) is 0 Å². The molecule has 0 rings (SSSR count). The van der Waals surface area contributed by atoms with Gasteiger partial charge in [0.1, 0.15) is 6.29 Å². The average molecular weight is 263 g/mol. The molecule has 0 aromatic heterocycles. The van der Waals surface area contributed by atoms with Crippen LogP contribution in [0.2, 0.25) is 0 Å². The number of rotatable bonds is 12. The van der Waals surface area contributed by atoms with Crippen molar-refractivity contribution in [2.75, 3.05) is 0 Å². The number of carbonyl (C=O) groups is 1. The van der Waals surface area contributed by atoms with E-state index in [1.807, 2.05) is 0 Å². The van der Waals surface area contributed by atoms with Crippen molar-refractivity contribution in [3.05, 3.63) is 0 Å². The van der Waals surface area contributed by atoms with Crippen LogP contribution in [0.25, 0.3) is 0 Å². The van der Waals surface area contributed by atoms with Crippen molar-refractivity contribution in [3.63, 3.8) is 0 Å². The quantitative estimate of drug-likeness (QED) is 0.362. The molecule has 0 unspecified atom stereocenters. The normalized spacial score (nSPS) is 9.81. The van der Waals surface area contributed by atoms with E-state index in [-0.39, 0.29) is 18.6 Å². The molecule has 0 spiro atoms. The van der Waals surface area contributed by atoms with Crippen LogP contribution in [0, 0.1) is 0 Å². The maximum atomic E-state index is 10.1. The fourth-order valence-corrected chi connectivity index (χ4v) is 1.89. The van der Waals surface area contributed by atoms with Crippen molar-refractivity contribution in [3.8, 4) is 0 Å². The minimum atomic E-state index is 0. The Labute approximate surface area is 114 Å². The van der Waals surface area contributed by atoms with E-state index in [0.717, 1.165) is 19.1 Å². The zero-order valence-electron chi connectivity index (χ0n) is 10.9. The Balaban J connectivity index is 0. The fourth-order valence-electron chi connectivity index (χ4n) is 1.89. The maximum absolute atomic E-state index is 10.1. The number of carbonyl (C=O) groups excluding carboxylic acids is 1. The molecule has 0 fully saturated rings. The van der Waals surface area contributed by atoms with Crippen molar-refractivity contribution in [2.24, 2.45) is 0 Å². The van der Waals surface area contributed by atoms with E-state index in [4.69, 9.17) is 0 Å². The summed E-state index contributed by atoms with van der Waals surface area (Å²) in [5, 5.41) is 0. The van der Waals surface area contributed by atoms with E-state index in [1.54, 1.807) is 0 Å². The van der Waals surface area contributed by atoms with Gasteiger partial charge in [-0.3, -0.25) is 0 Å². The SMILES string of the molecule is CCCCCCCCCCCCCC=O.[V]. The summed E-state index contributed by atoms with van der Waals surface area (Å²) < 4.78 is 0. The van der Waals surface area contributed by atoms with E-state index in [1.165, 1.54) is 64.2 Å². The smallest absolute Gasteiger partial charge is 0.119 e. The zero-order valence-corrected chi connectivity index (χ0v) is 12.3. The first kappa shape index (κ1) is 18.6. The summed E-state index contributed by atoms with van der Waals surface area (Å²) in [5.74, 6) is 0. The predicted octanol–water partition coefficient (Wildman–Crippen LogP) is 4.88. The van der Waals surface area contributed by atoms with E-state index in [9.17, 15) is 4.79 Å². The van der Waals surface area contributed by atoms with E-state index in [0.29, 0.717) is 0 Å². The first-order valence-electron chi connectivity index (χ1n) is 6.85. The Kier molecular flexibility index (Phi) is 20.5. The van der Waals surface area contributed by atoms with Gasteiger partial charge >= 0.3 is 0 Å². The molecule has 0 saturated heterocycles. The minimum Gasteiger partial charge on any atom is -0.303 e. The molecular formula is C14H28OV. The van der Waals surface area contributed by atoms with Gasteiger partial charge in [0.15, 0.2) is 0 Å². The van der Waals surface area contributed by atoms with Gasteiger partial charge in [-0.2, -0.15) is 0 Å². The van der Waals surface area contributed by atoms with E-state index in [2.05, 4.69) is 6.92 Å². The predicted molar refractivity (Wildman–Crippen MR) is 67.1 cm³/mol. The van der Waals surface area contributed by atoms with Crippen LogP contribution in [0.3, 0.4) is 0 Å². The number of hydrogen-bond acceptors (Lipinski definition) is 1. The standard InChI is InChI=1S/C14H28O.V/c1-2-3-4-5-6-7-8-9-10-11-12-13-14-15;/h14H,2-13H2,1H3;. The fraction of sp³-hybridized carbons (Fsp3) is 0.929. The monoisotopic (exact) mass is 263 g/mol. The largest absolute Gasteiger partial charge is 0.303 e. The third-order valence-electron chi connectivity index (χ3n) is 2.93. The van der Waals surface area contributed by atoms with Crippen LogP contribution in [0.5, 0.6) is 0 Å². The first-order chi connectivity index (χ1) is 7.41. The Morgan fingerprint density at radius 1 is 0.688 bits per heavy atom. The van der Waals surface area contributed by atoms with Crippen molar-refractivity contribution < 1.29 is 23.4 Å². The second-order valence-electron chi connectivity index (χ2n) is 4.49. The van der Waals surface area contributed by atoms with Crippen LogP contribution in [-0.4, -0.2) is 6.29 Å². The molecule has 1 radical (unpaired) electrons. The maximum Gasteiger partial charge on any atom is 0.119 e. The van der Waals surface area contributed by atoms with Gasteiger partial charge in [-0.15, -0.1) is 0 Å². The molecule has 0 aromatic rings. The Morgan fingerprint density at radius 2 is 1.06 bits per heavy atom. The Hall–Kier alpha value is 0.254. The first-order valence-corrected chi connectivity index (χ1v) is 6.85. The average Bonchev–Trinajstić information content (AvgIpc) is 2.26.